The first-order valence-electron chi connectivity index (χ1n) is 6.00. The molecule has 0 spiro atoms. The Morgan fingerprint density at radius 3 is 2.59 bits per heavy atom. The third-order valence-corrected chi connectivity index (χ3v) is 3.32. The Labute approximate surface area is 110 Å². The van der Waals surface area contributed by atoms with Gasteiger partial charge in [-0.05, 0) is 34.0 Å². The van der Waals surface area contributed by atoms with E-state index in [-0.39, 0.29) is 0 Å². The number of rotatable bonds is 1. The van der Waals surface area contributed by atoms with Crippen LogP contribution in [0.5, 0.6) is 0 Å². The molecule has 0 aliphatic heterocycles. The van der Waals surface area contributed by atoms with Crippen molar-refractivity contribution in [2.45, 2.75) is 0 Å². The van der Waals surface area contributed by atoms with E-state index in [4.69, 9.17) is 1.37 Å². The lowest BCUT2D eigenvalue weighted by molar-refractivity contribution is 1.62. The van der Waals surface area contributed by atoms with Crippen molar-refractivity contribution in [3.8, 4) is 11.1 Å². The number of benzene rings is 3. The van der Waals surface area contributed by atoms with E-state index >= 15 is 0 Å². The molecule has 0 atom stereocenters. The maximum atomic E-state index is 7.69. The summed E-state index contributed by atoms with van der Waals surface area (Å²) in [6, 6.07) is 21.0. The van der Waals surface area contributed by atoms with E-state index in [1.807, 2.05) is 18.2 Å². The summed E-state index contributed by atoms with van der Waals surface area (Å²) in [5.41, 5.74) is 2.34. The minimum absolute atomic E-state index is 0.513. The highest BCUT2D eigenvalue weighted by Crippen LogP contribution is 2.29. The molecule has 0 aliphatic carbocycles. The van der Waals surface area contributed by atoms with Crippen molar-refractivity contribution in [1.82, 2.24) is 0 Å². The Morgan fingerprint density at radius 2 is 1.71 bits per heavy atom. The van der Waals surface area contributed by atoms with Gasteiger partial charge in [0, 0.05) is 4.47 Å². The van der Waals surface area contributed by atoms with Crippen LogP contribution in [-0.4, -0.2) is 0 Å². The summed E-state index contributed by atoms with van der Waals surface area (Å²) in [5, 5.41) is 2.48. The quantitative estimate of drug-likeness (QED) is 0.571. The van der Waals surface area contributed by atoms with Gasteiger partial charge in [-0.3, -0.25) is 0 Å². The lowest BCUT2D eigenvalue weighted by Crippen LogP contribution is -1.80. The fourth-order valence-electron chi connectivity index (χ4n) is 2.08. The van der Waals surface area contributed by atoms with Gasteiger partial charge < -0.3 is 0 Å². The van der Waals surface area contributed by atoms with Gasteiger partial charge >= 0.3 is 0 Å². The summed E-state index contributed by atoms with van der Waals surface area (Å²) in [4.78, 5) is 0. The highest BCUT2D eigenvalue weighted by molar-refractivity contribution is 9.10. The summed E-state index contributed by atoms with van der Waals surface area (Å²) >= 11 is 3.42. The molecule has 0 heterocycles. The normalized spacial score (nSPS) is 11.5. The van der Waals surface area contributed by atoms with Gasteiger partial charge in [0.15, 0.2) is 0 Å². The molecule has 0 saturated carbocycles. The van der Waals surface area contributed by atoms with Crippen LogP contribution in [0.3, 0.4) is 0 Å². The molecule has 0 N–H and O–H groups in total. The number of halogens is 1. The second kappa shape index (κ2) is 4.34. The SMILES string of the molecule is [2H]c1ccc(-c2cccc3ccccc23)cc1Br. The fraction of sp³-hybridized carbons (Fsp3) is 0. The Bertz CT molecular complexity index is 714. The van der Waals surface area contributed by atoms with Crippen molar-refractivity contribution in [3.63, 3.8) is 0 Å². The van der Waals surface area contributed by atoms with Gasteiger partial charge in [-0.1, -0.05) is 70.5 Å². The molecule has 0 aliphatic rings. The van der Waals surface area contributed by atoms with Gasteiger partial charge in [-0.25, -0.2) is 0 Å². The highest BCUT2D eigenvalue weighted by Gasteiger charge is 2.02. The van der Waals surface area contributed by atoms with Gasteiger partial charge in [-0.15, -0.1) is 0 Å². The van der Waals surface area contributed by atoms with E-state index in [1.54, 1.807) is 0 Å². The van der Waals surface area contributed by atoms with E-state index < -0.39 is 0 Å². The molecule has 0 radical (unpaired) electrons. The van der Waals surface area contributed by atoms with E-state index in [1.165, 1.54) is 16.3 Å². The van der Waals surface area contributed by atoms with Gasteiger partial charge in [0.05, 0.1) is 1.37 Å². The predicted octanol–water partition coefficient (Wildman–Crippen LogP) is 5.27. The van der Waals surface area contributed by atoms with Crippen LogP contribution in [0.1, 0.15) is 1.37 Å². The molecule has 17 heavy (non-hydrogen) atoms. The maximum Gasteiger partial charge on any atom is 0.0635 e. The van der Waals surface area contributed by atoms with Gasteiger partial charge in [-0.2, -0.15) is 0 Å². The first-order chi connectivity index (χ1) is 8.75. The molecule has 1 heteroatoms. The van der Waals surface area contributed by atoms with Crippen molar-refractivity contribution in [2.75, 3.05) is 0 Å². The van der Waals surface area contributed by atoms with Gasteiger partial charge in [0.25, 0.3) is 0 Å². The summed E-state index contributed by atoms with van der Waals surface area (Å²) < 4.78 is 8.52. The van der Waals surface area contributed by atoms with Crippen LogP contribution < -0.4 is 0 Å². The van der Waals surface area contributed by atoms with Crippen LogP contribution in [0, 0.1) is 0 Å². The summed E-state index contributed by atoms with van der Waals surface area (Å²) in [6.07, 6.45) is 0. The largest absolute Gasteiger partial charge is 0.0635 e. The minimum Gasteiger partial charge on any atom is -0.0616 e. The predicted molar refractivity (Wildman–Crippen MR) is 77.1 cm³/mol. The monoisotopic (exact) mass is 283 g/mol. The second-order valence-corrected chi connectivity index (χ2v) is 4.81. The van der Waals surface area contributed by atoms with Crippen LogP contribution in [-0.2, 0) is 0 Å². The van der Waals surface area contributed by atoms with Crippen molar-refractivity contribution < 1.29 is 1.37 Å². The molecular formula is C16H11Br. The van der Waals surface area contributed by atoms with Crippen LogP contribution >= 0.6 is 15.9 Å². The molecule has 0 nitrogen and oxygen atoms in total. The second-order valence-electron chi connectivity index (χ2n) is 3.95. The average Bonchev–Trinajstić information content (AvgIpc) is 2.41. The van der Waals surface area contributed by atoms with Gasteiger partial charge in [0.2, 0.25) is 0 Å². The molecule has 0 fully saturated rings. The summed E-state index contributed by atoms with van der Waals surface area (Å²) in [5.74, 6) is 0. The zero-order valence-corrected chi connectivity index (χ0v) is 10.7. The van der Waals surface area contributed by atoms with Crippen molar-refractivity contribution in [2.24, 2.45) is 0 Å². The highest BCUT2D eigenvalue weighted by atomic mass is 79.9. The topological polar surface area (TPSA) is 0 Å². The van der Waals surface area contributed by atoms with Gasteiger partial charge in [0.1, 0.15) is 0 Å². The molecule has 3 aromatic carbocycles. The first-order valence-corrected chi connectivity index (χ1v) is 6.29. The van der Waals surface area contributed by atoms with E-state index in [9.17, 15) is 0 Å². The molecule has 0 bridgehead atoms. The molecule has 82 valence electrons. The molecule has 3 rings (SSSR count). The minimum atomic E-state index is 0.513. The maximum absolute atomic E-state index is 7.69. The lowest BCUT2D eigenvalue weighted by Gasteiger charge is -2.07. The lowest BCUT2D eigenvalue weighted by atomic mass is 9.98. The van der Waals surface area contributed by atoms with E-state index in [2.05, 4.69) is 58.4 Å². The van der Waals surface area contributed by atoms with Crippen molar-refractivity contribution in [3.05, 3.63) is 71.2 Å². The molecule has 0 saturated heterocycles. The summed E-state index contributed by atoms with van der Waals surface area (Å²) in [7, 11) is 0. The van der Waals surface area contributed by atoms with E-state index in [0.717, 1.165) is 10.0 Å². The average molecular weight is 284 g/mol. The Morgan fingerprint density at radius 1 is 0.882 bits per heavy atom. The Kier molecular flexibility index (Phi) is 2.41. The van der Waals surface area contributed by atoms with Crippen LogP contribution in [0.15, 0.2) is 71.2 Å². The van der Waals surface area contributed by atoms with Crippen LogP contribution in [0.25, 0.3) is 21.9 Å². The Hall–Kier alpha value is -1.60. The van der Waals surface area contributed by atoms with Crippen LogP contribution in [0.4, 0.5) is 0 Å². The van der Waals surface area contributed by atoms with E-state index in [0.29, 0.717) is 6.04 Å². The first kappa shape index (κ1) is 9.43. The molecule has 3 aromatic rings. The Balaban J connectivity index is 2.28. The molecule has 0 unspecified atom stereocenters. The third kappa shape index (κ3) is 1.98. The number of fused-ring (bicyclic) bond motifs is 1. The van der Waals surface area contributed by atoms with Crippen LogP contribution in [0.2, 0.25) is 0 Å². The standard InChI is InChI=1S/C16H11Br/c17-14-8-3-7-13(11-14)16-10-4-6-12-5-1-2-9-15(12)16/h1-11H/i8D. The fourth-order valence-corrected chi connectivity index (χ4v) is 2.46. The summed E-state index contributed by atoms with van der Waals surface area (Å²) in [6.45, 7) is 0. The molecular weight excluding hydrogens is 272 g/mol. The van der Waals surface area contributed by atoms with Crippen molar-refractivity contribution in [1.29, 1.82) is 0 Å². The molecule has 0 amide bonds. The smallest absolute Gasteiger partial charge is 0.0616 e. The third-order valence-electron chi connectivity index (χ3n) is 2.87. The zero-order chi connectivity index (χ0) is 12.5. The zero-order valence-electron chi connectivity index (χ0n) is 10.2. The number of hydrogen-bond acceptors (Lipinski definition) is 0. The molecule has 0 aromatic heterocycles. The van der Waals surface area contributed by atoms with Crippen molar-refractivity contribution >= 4 is 26.7 Å². The number of hydrogen-bond donors (Lipinski definition) is 0.